The van der Waals surface area contributed by atoms with Crippen molar-refractivity contribution >= 4 is 17.3 Å². The zero-order valence-electron chi connectivity index (χ0n) is 8.66. The Morgan fingerprint density at radius 3 is 2.67 bits per heavy atom. The maximum Gasteiger partial charge on any atom is 0.0691 e. The van der Waals surface area contributed by atoms with Gasteiger partial charge in [0.2, 0.25) is 0 Å². The van der Waals surface area contributed by atoms with Crippen LogP contribution in [0.15, 0.2) is 24.4 Å². The molecule has 0 saturated carbocycles. The van der Waals surface area contributed by atoms with Crippen LogP contribution in [0.25, 0.3) is 5.69 Å². The van der Waals surface area contributed by atoms with Crippen molar-refractivity contribution in [1.29, 1.82) is 0 Å². The second-order valence-corrected chi connectivity index (χ2v) is 3.97. The van der Waals surface area contributed by atoms with E-state index in [1.165, 1.54) is 0 Å². The molecule has 15 heavy (non-hydrogen) atoms. The molecule has 0 amide bonds. The van der Waals surface area contributed by atoms with Gasteiger partial charge in [0.05, 0.1) is 22.1 Å². The van der Waals surface area contributed by atoms with Crippen LogP contribution < -0.4 is 5.73 Å². The minimum atomic E-state index is 0.559. The molecule has 0 saturated heterocycles. The van der Waals surface area contributed by atoms with Gasteiger partial charge in [-0.15, -0.1) is 0 Å². The van der Waals surface area contributed by atoms with E-state index in [2.05, 4.69) is 5.10 Å². The Balaban J connectivity index is 2.58. The summed E-state index contributed by atoms with van der Waals surface area (Å²) in [7, 11) is 0. The fourth-order valence-corrected chi connectivity index (χ4v) is 1.65. The Hall–Kier alpha value is -1.48. The predicted octanol–water partition coefficient (Wildman–Crippen LogP) is 2.72. The van der Waals surface area contributed by atoms with Crippen LogP contribution >= 0.6 is 11.6 Å². The number of anilines is 1. The smallest absolute Gasteiger partial charge is 0.0691 e. The summed E-state index contributed by atoms with van der Waals surface area (Å²) in [6.45, 7) is 3.93. The summed E-state index contributed by atoms with van der Waals surface area (Å²) >= 11 is 5.98. The average Bonchev–Trinajstić information content (AvgIpc) is 2.58. The zero-order valence-corrected chi connectivity index (χ0v) is 9.42. The Morgan fingerprint density at radius 2 is 2.07 bits per heavy atom. The van der Waals surface area contributed by atoms with Crippen LogP contribution in [-0.4, -0.2) is 9.78 Å². The van der Waals surface area contributed by atoms with Crippen LogP contribution in [0.5, 0.6) is 0 Å². The summed E-state index contributed by atoms with van der Waals surface area (Å²) in [5, 5.41) is 4.89. The van der Waals surface area contributed by atoms with Gasteiger partial charge in [-0.25, -0.2) is 4.68 Å². The number of benzene rings is 1. The first-order chi connectivity index (χ1) is 7.08. The fraction of sp³-hybridized carbons (Fsp3) is 0.182. The van der Waals surface area contributed by atoms with Crippen molar-refractivity contribution in [3.05, 3.63) is 40.7 Å². The normalized spacial score (nSPS) is 10.6. The van der Waals surface area contributed by atoms with E-state index in [1.807, 2.05) is 38.2 Å². The van der Waals surface area contributed by atoms with Gasteiger partial charge in [0.15, 0.2) is 0 Å². The highest BCUT2D eigenvalue weighted by atomic mass is 35.5. The van der Waals surface area contributed by atoms with Gasteiger partial charge >= 0.3 is 0 Å². The lowest BCUT2D eigenvalue weighted by atomic mass is 10.2. The summed E-state index contributed by atoms with van der Waals surface area (Å²) in [5.74, 6) is 0. The van der Waals surface area contributed by atoms with Crippen molar-refractivity contribution < 1.29 is 0 Å². The molecule has 0 radical (unpaired) electrons. The Labute approximate surface area is 93.5 Å². The van der Waals surface area contributed by atoms with Crippen molar-refractivity contribution in [2.75, 3.05) is 5.73 Å². The highest BCUT2D eigenvalue weighted by molar-refractivity contribution is 6.33. The van der Waals surface area contributed by atoms with E-state index in [1.54, 1.807) is 4.68 Å². The van der Waals surface area contributed by atoms with E-state index < -0.39 is 0 Å². The second-order valence-electron chi connectivity index (χ2n) is 3.56. The van der Waals surface area contributed by atoms with Gasteiger partial charge in [-0.3, -0.25) is 0 Å². The van der Waals surface area contributed by atoms with Gasteiger partial charge in [0, 0.05) is 6.20 Å². The lowest BCUT2D eigenvalue weighted by molar-refractivity contribution is 0.856. The first kappa shape index (κ1) is 10.1. The first-order valence-corrected chi connectivity index (χ1v) is 5.04. The fourth-order valence-electron chi connectivity index (χ4n) is 1.49. The summed E-state index contributed by atoms with van der Waals surface area (Å²) in [4.78, 5) is 0. The molecule has 0 aliphatic rings. The molecule has 0 atom stereocenters. The van der Waals surface area contributed by atoms with Gasteiger partial charge in [0.1, 0.15) is 0 Å². The molecule has 2 rings (SSSR count). The zero-order chi connectivity index (χ0) is 11.0. The monoisotopic (exact) mass is 221 g/mol. The number of hydrogen-bond donors (Lipinski definition) is 1. The Bertz CT molecular complexity index is 503. The molecular formula is C11H12ClN3. The number of hydrogen-bond acceptors (Lipinski definition) is 2. The van der Waals surface area contributed by atoms with Gasteiger partial charge in [-0.2, -0.15) is 5.10 Å². The number of halogens is 1. The number of aryl methyl sites for hydroxylation is 2. The van der Waals surface area contributed by atoms with E-state index in [4.69, 9.17) is 17.3 Å². The number of nitrogen functional groups attached to an aromatic ring is 1. The van der Waals surface area contributed by atoms with Crippen LogP contribution in [0.3, 0.4) is 0 Å². The van der Waals surface area contributed by atoms with Gasteiger partial charge in [-0.1, -0.05) is 11.6 Å². The van der Waals surface area contributed by atoms with Crippen molar-refractivity contribution in [3.8, 4) is 5.69 Å². The van der Waals surface area contributed by atoms with Crippen LogP contribution in [0.4, 0.5) is 5.69 Å². The van der Waals surface area contributed by atoms with E-state index in [0.29, 0.717) is 10.7 Å². The molecule has 1 aromatic heterocycles. The highest BCUT2D eigenvalue weighted by Gasteiger charge is 2.06. The minimum Gasteiger partial charge on any atom is -0.398 e. The number of nitrogens with zero attached hydrogens (tertiary/aromatic N) is 2. The predicted molar refractivity (Wildman–Crippen MR) is 62.5 cm³/mol. The van der Waals surface area contributed by atoms with E-state index in [0.717, 1.165) is 16.9 Å². The third kappa shape index (κ3) is 1.83. The molecule has 0 fully saturated rings. The lowest BCUT2D eigenvalue weighted by Gasteiger charge is -2.08. The molecule has 0 spiro atoms. The molecule has 2 N–H and O–H groups in total. The molecule has 0 bridgehead atoms. The highest BCUT2D eigenvalue weighted by Crippen LogP contribution is 2.25. The molecule has 0 unspecified atom stereocenters. The number of aromatic nitrogens is 2. The third-order valence-electron chi connectivity index (χ3n) is 2.28. The lowest BCUT2D eigenvalue weighted by Crippen LogP contribution is -1.99. The molecule has 3 nitrogen and oxygen atoms in total. The average molecular weight is 222 g/mol. The standard InChI is InChI=1S/C11H12ClN3/c1-7-5-10(13)9(12)6-11(7)15-4-3-8(2)14-15/h3-6H,13H2,1-2H3. The second kappa shape index (κ2) is 3.59. The largest absolute Gasteiger partial charge is 0.398 e. The van der Waals surface area contributed by atoms with Crippen molar-refractivity contribution in [1.82, 2.24) is 9.78 Å². The third-order valence-corrected chi connectivity index (χ3v) is 2.61. The van der Waals surface area contributed by atoms with Crippen LogP contribution in [0.1, 0.15) is 11.3 Å². The topological polar surface area (TPSA) is 43.8 Å². The van der Waals surface area contributed by atoms with E-state index in [-0.39, 0.29) is 0 Å². The Kier molecular flexibility index (Phi) is 2.40. The number of nitrogens with two attached hydrogens (primary N) is 1. The SMILES string of the molecule is Cc1ccn(-c2cc(Cl)c(N)cc2C)n1. The first-order valence-electron chi connectivity index (χ1n) is 4.66. The summed E-state index contributed by atoms with van der Waals surface area (Å²) < 4.78 is 1.80. The molecule has 78 valence electrons. The summed E-state index contributed by atoms with van der Waals surface area (Å²) in [6, 6.07) is 5.64. The van der Waals surface area contributed by atoms with Gasteiger partial charge < -0.3 is 5.73 Å². The Morgan fingerprint density at radius 1 is 1.33 bits per heavy atom. The molecule has 0 aliphatic carbocycles. The maximum absolute atomic E-state index is 5.98. The summed E-state index contributed by atoms with van der Waals surface area (Å²) in [5.41, 5.74) is 9.30. The molecule has 1 heterocycles. The molecule has 4 heteroatoms. The maximum atomic E-state index is 5.98. The minimum absolute atomic E-state index is 0.559. The molecule has 2 aromatic rings. The van der Waals surface area contributed by atoms with Crippen molar-refractivity contribution in [2.45, 2.75) is 13.8 Å². The molecule has 1 aromatic carbocycles. The van der Waals surface area contributed by atoms with Crippen LogP contribution in [-0.2, 0) is 0 Å². The molecule has 0 aliphatic heterocycles. The summed E-state index contributed by atoms with van der Waals surface area (Å²) in [6.07, 6.45) is 1.91. The van der Waals surface area contributed by atoms with Crippen LogP contribution in [0.2, 0.25) is 5.02 Å². The van der Waals surface area contributed by atoms with E-state index in [9.17, 15) is 0 Å². The number of rotatable bonds is 1. The molecular weight excluding hydrogens is 210 g/mol. The van der Waals surface area contributed by atoms with Crippen molar-refractivity contribution in [3.63, 3.8) is 0 Å². The van der Waals surface area contributed by atoms with Crippen molar-refractivity contribution in [2.24, 2.45) is 0 Å². The van der Waals surface area contributed by atoms with Gasteiger partial charge in [-0.05, 0) is 37.6 Å². The van der Waals surface area contributed by atoms with E-state index >= 15 is 0 Å². The van der Waals surface area contributed by atoms with Crippen LogP contribution in [0, 0.1) is 13.8 Å². The van der Waals surface area contributed by atoms with Gasteiger partial charge in [0.25, 0.3) is 0 Å². The quantitative estimate of drug-likeness (QED) is 0.753.